The van der Waals surface area contributed by atoms with Crippen LogP contribution in [0.25, 0.3) is 10.8 Å². The molecule has 2 aliphatic heterocycles. The number of likely N-dealkylation sites (N-methyl/N-ethyl adjacent to an activating group) is 1. The lowest BCUT2D eigenvalue weighted by Gasteiger charge is -2.39. The smallest absolute Gasteiger partial charge is 0.408 e. The largest absolute Gasteiger partial charge is 0.445 e. The van der Waals surface area contributed by atoms with E-state index in [1.165, 1.54) is 16.3 Å². The first-order chi connectivity index (χ1) is 25.7. The molecule has 0 aromatic heterocycles. The number of rotatable bonds is 11. The standard InChI is InChI=1S/C43H43N3O7/c1-28(33-20-19-31-11-6-7-12-34(31)21-33)45(2)25-37-23-39(32-17-15-29(26-47)16-18-32)53-42(52-37)35-13-8-14-36(22-35)46-40(48)24-38(41(46)49)44-43(50)51-27-30-9-4-3-5-10-30/h3-22,28,37-39,42,47H,23-27H2,1-2H3,(H,44,50)/t28-,37+,38?,39-,42-/m1/s1. The second-order valence-electron chi connectivity index (χ2n) is 13.7. The van der Waals surface area contributed by atoms with Crippen molar-refractivity contribution in [3.63, 3.8) is 0 Å². The van der Waals surface area contributed by atoms with Gasteiger partial charge >= 0.3 is 6.09 Å². The van der Waals surface area contributed by atoms with Gasteiger partial charge in [0.05, 0.1) is 30.9 Å². The summed E-state index contributed by atoms with van der Waals surface area (Å²) in [4.78, 5) is 42.6. The summed E-state index contributed by atoms with van der Waals surface area (Å²) in [6.45, 7) is 2.80. The van der Waals surface area contributed by atoms with Gasteiger partial charge in [0.25, 0.3) is 5.91 Å². The molecule has 1 unspecified atom stereocenters. The van der Waals surface area contributed by atoms with E-state index in [4.69, 9.17) is 14.2 Å². The topological polar surface area (TPSA) is 118 Å². The van der Waals surface area contributed by atoms with Crippen LogP contribution in [0.1, 0.15) is 66.0 Å². The summed E-state index contributed by atoms with van der Waals surface area (Å²) in [6, 6.07) is 37.9. The number of ether oxygens (including phenoxy) is 3. The fourth-order valence-electron chi connectivity index (χ4n) is 6.97. The first-order valence-electron chi connectivity index (χ1n) is 17.9. The fraction of sp³-hybridized carbons (Fsp3) is 0.279. The van der Waals surface area contributed by atoms with Gasteiger partial charge in [-0.15, -0.1) is 0 Å². The van der Waals surface area contributed by atoms with Crippen LogP contribution in [-0.4, -0.2) is 53.7 Å². The monoisotopic (exact) mass is 713 g/mol. The Balaban J connectivity index is 1.07. The van der Waals surface area contributed by atoms with E-state index >= 15 is 0 Å². The average Bonchev–Trinajstić information content (AvgIpc) is 3.47. The van der Waals surface area contributed by atoms with Crippen molar-refractivity contribution in [2.75, 3.05) is 18.5 Å². The molecule has 272 valence electrons. The average molecular weight is 714 g/mol. The molecule has 10 nitrogen and oxygen atoms in total. The maximum Gasteiger partial charge on any atom is 0.408 e. The van der Waals surface area contributed by atoms with Gasteiger partial charge in [-0.2, -0.15) is 0 Å². The molecule has 2 saturated heterocycles. The molecule has 53 heavy (non-hydrogen) atoms. The van der Waals surface area contributed by atoms with E-state index in [0.29, 0.717) is 24.2 Å². The molecule has 7 rings (SSSR count). The van der Waals surface area contributed by atoms with Crippen molar-refractivity contribution in [2.45, 2.75) is 63.6 Å². The van der Waals surface area contributed by atoms with Gasteiger partial charge in [-0.25, -0.2) is 9.69 Å². The quantitative estimate of drug-likeness (QED) is 0.139. The van der Waals surface area contributed by atoms with E-state index in [0.717, 1.165) is 21.6 Å². The molecule has 0 bridgehead atoms. The molecule has 2 N–H and O–H groups in total. The van der Waals surface area contributed by atoms with E-state index in [9.17, 15) is 19.5 Å². The van der Waals surface area contributed by atoms with Gasteiger partial charge in [-0.1, -0.05) is 103 Å². The van der Waals surface area contributed by atoms with Crippen molar-refractivity contribution in [1.82, 2.24) is 10.2 Å². The number of imide groups is 1. The van der Waals surface area contributed by atoms with Gasteiger partial charge in [0, 0.05) is 24.6 Å². The van der Waals surface area contributed by atoms with Crippen molar-refractivity contribution in [3.05, 3.63) is 149 Å². The third-order valence-electron chi connectivity index (χ3n) is 10.1. The minimum absolute atomic E-state index is 0.0421. The number of alkyl carbamates (subject to hydrolysis) is 1. The zero-order chi connectivity index (χ0) is 36.9. The second kappa shape index (κ2) is 16.1. The van der Waals surface area contributed by atoms with Crippen LogP contribution >= 0.6 is 0 Å². The molecule has 5 aromatic rings. The number of anilines is 1. The predicted molar refractivity (Wildman–Crippen MR) is 201 cm³/mol. The Morgan fingerprint density at radius 1 is 0.868 bits per heavy atom. The van der Waals surface area contributed by atoms with Gasteiger partial charge in [-0.3, -0.25) is 14.5 Å². The Morgan fingerprint density at radius 3 is 2.40 bits per heavy atom. The number of hydrogen-bond acceptors (Lipinski definition) is 8. The van der Waals surface area contributed by atoms with Crippen LogP contribution in [0.5, 0.6) is 0 Å². The second-order valence-corrected chi connectivity index (χ2v) is 13.7. The summed E-state index contributed by atoms with van der Waals surface area (Å²) < 4.78 is 18.5. The molecule has 5 aromatic carbocycles. The number of benzene rings is 5. The van der Waals surface area contributed by atoms with Gasteiger partial charge < -0.3 is 24.6 Å². The Bertz CT molecular complexity index is 2070. The minimum Gasteiger partial charge on any atom is -0.445 e. The third kappa shape index (κ3) is 8.32. The maximum absolute atomic E-state index is 13.5. The van der Waals surface area contributed by atoms with E-state index in [2.05, 4.69) is 54.5 Å². The molecule has 5 atom stereocenters. The number of amides is 3. The fourth-order valence-corrected chi connectivity index (χ4v) is 6.97. The van der Waals surface area contributed by atoms with E-state index in [-0.39, 0.29) is 37.9 Å². The number of carbonyl (C=O) groups is 3. The normalized spacial score (nSPS) is 20.9. The Morgan fingerprint density at radius 2 is 1.62 bits per heavy atom. The first kappa shape index (κ1) is 36.0. The van der Waals surface area contributed by atoms with Gasteiger partial charge in [-0.05, 0) is 65.2 Å². The molecular formula is C43H43N3O7. The highest BCUT2D eigenvalue weighted by Crippen LogP contribution is 2.40. The lowest BCUT2D eigenvalue weighted by atomic mass is 9.98. The van der Waals surface area contributed by atoms with Crippen molar-refractivity contribution >= 4 is 34.4 Å². The van der Waals surface area contributed by atoms with Crippen molar-refractivity contribution < 1.29 is 33.7 Å². The van der Waals surface area contributed by atoms with Crippen LogP contribution < -0.4 is 10.2 Å². The van der Waals surface area contributed by atoms with Crippen LogP contribution in [0.2, 0.25) is 0 Å². The van der Waals surface area contributed by atoms with Crippen molar-refractivity contribution in [1.29, 1.82) is 0 Å². The molecule has 2 heterocycles. The van der Waals surface area contributed by atoms with Crippen LogP contribution in [-0.2, 0) is 37.0 Å². The summed E-state index contributed by atoms with van der Waals surface area (Å²) >= 11 is 0. The van der Waals surface area contributed by atoms with Crippen molar-refractivity contribution in [2.24, 2.45) is 0 Å². The molecule has 0 radical (unpaired) electrons. The molecule has 3 amide bonds. The molecule has 0 spiro atoms. The van der Waals surface area contributed by atoms with Gasteiger partial charge in [0.15, 0.2) is 6.29 Å². The SMILES string of the molecule is C[C@H](c1ccc2ccccc2c1)N(C)C[C@@H]1C[C@H](c2ccc(CO)cc2)O[C@H](c2cccc(N3C(=O)CC(NC(=O)OCc4ccccc4)C3=O)c2)O1. The molecule has 2 fully saturated rings. The van der Waals surface area contributed by atoms with Crippen LogP contribution in [0, 0.1) is 0 Å². The number of aliphatic hydroxyl groups is 1. The van der Waals surface area contributed by atoms with E-state index in [1.807, 2.05) is 72.8 Å². The van der Waals surface area contributed by atoms with E-state index in [1.54, 1.807) is 18.2 Å². The molecular weight excluding hydrogens is 670 g/mol. The van der Waals surface area contributed by atoms with Crippen LogP contribution in [0.4, 0.5) is 10.5 Å². The Kier molecular flexibility index (Phi) is 10.9. The zero-order valence-electron chi connectivity index (χ0n) is 29.8. The first-order valence-corrected chi connectivity index (χ1v) is 17.9. The minimum atomic E-state index is -1.05. The molecule has 0 saturated carbocycles. The summed E-state index contributed by atoms with van der Waals surface area (Å²) in [5, 5.41) is 14.6. The van der Waals surface area contributed by atoms with Crippen molar-refractivity contribution in [3.8, 4) is 0 Å². The summed E-state index contributed by atoms with van der Waals surface area (Å²) in [7, 11) is 2.09. The maximum atomic E-state index is 13.5. The van der Waals surface area contributed by atoms with Crippen LogP contribution in [0.15, 0.2) is 121 Å². The molecule has 10 heteroatoms. The zero-order valence-corrected chi connectivity index (χ0v) is 29.8. The lowest BCUT2D eigenvalue weighted by Crippen LogP contribution is -2.42. The summed E-state index contributed by atoms with van der Waals surface area (Å²) in [6.07, 6.45) is -1.70. The third-order valence-corrected chi connectivity index (χ3v) is 10.1. The predicted octanol–water partition coefficient (Wildman–Crippen LogP) is 7.13. The molecule has 2 aliphatic rings. The highest BCUT2D eigenvalue weighted by molar-refractivity contribution is 6.23. The molecule has 0 aliphatic carbocycles. The number of nitrogens with one attached hydrogen (secondary N) is 1. The number of nitrogens with zero attached hydrogens (tertiary/aromatic N) is 2. The highest BCUT2D eigenvalue weighted by Gasteiger charge is 2.41. The number of carbonyl (C=O) groups excluding carboxylic acids is 3. The number of aliphatic hydroxyl groups excluding tert-OH is 1. The Labute approximate surface area is 308 Å². The van der Waals surface area contributed by atoms with Gasteiger partial charge in [0.1, 0.15) is 12.6 Å². The summed E-state index contributed by atoms with van der Waals surface area (Å²) in [5.74, 6) is -0.978. The lowest BCUT2D eigenvalue weighted by molar-refractivity contribution is -0.253. The number of fused-ring (bicyclic) bond motifs is 1. The number of hydrogen-bond donors (Lipinski definition) is 2. The Hall–Kier alpha value is -5.39. The van der Waals surface area contributed by atoms with Crippen LogP contribution in [0.3, 0.4) is 0 Å². The summed E-state index contributed by atoms with van der Waals surface area (Å²) in [5.41, 5.74) is 4.78. The highest BCUT2D eigenvalue weighted by atomic mass is 16.7. The van der Waals surface area contributed by atoms with Gasteiger partial charge in [0.2, 0.25) is 5.91 Å². The van der Waals surface area contributed by atoms with E-state index < -0.39 is 30.2 Å².